The predicted octanol–water partition coefficient (Wildman–Crippen LogP) is 2.24. The first kappa shape index (κ1) is 18.9. The molecule has 1 saturated heterocycles. The average Bonchev–Trinajstić information content (AvgIpc) is 3.22. The van der Waals surface area contributed by atoms with Crippen LogP contribution >= 0.6 is 0 Å². The van der Waals surface area contributed by atoms with Crippen molar-refractivity contribution in [2.24, 2.45) is 0 Å². The molecule has 1 fully saturated rings. The third kappa shape index (κ3) is 4.10. The van der Waals surface area contributed by atoms with Crippen molar-refractivity contribution in [1.82, 2.24) is 15.0 Å². The lowest BCUT2D eigenvalue weighted by Crippen LogP contribution is -2.39. The second-order valence-corrected chi connectivity index (χ2v) is 6.54. The van der Waals surface area contributed by atoms with Crippen molar-refractivity contribution in [2.45, 2.75) is 32.1 Å². The first-order chi connectivity index (χ1) is 13.0. The Morgan fingerprint density at radius 2 is 1.85 bits per heavy atom. The lowest BCUT2D eigenvalue weighted by molar-refractivity contribution is -0.131. The largest absolute Gasteiger partial charge is 0.493 e. The Kier molecular flexibility index (Phi) is 5.73. The van der Waals surface area contributed by atoms with Crippen LogP contribution in [-0.4, -0.2) is 54.0 Å². The number of amides is 1. The summed E-state index contributed by atoms with van der Waals surface area (Å²) in [6.45, 7) is 2.73. The molecule has 144 valence electrons. The summed E-state index contributed by atoms with van der Waals surface area (Å²) in [5, 5.41) is 3.89. The summed E-state index contributed by atoms with van der Waals surface area (Å²) >= 11 is 0. The normalized spacial score (nSPS) is 14.9. The van der Waals surface area contributed by atoms with E-state index in [1.807, 2.05) is 4.90 Å². The molecule has 1 amide bonds. The van der Waals surface area contributed by atoms with E-state index < -0.39 is 0 Å². The van der Waals surface area contributed by atoms with E-state index in [-0.39, 0.29) is 24.0 Å². The molecule has 1 aromatic carbocycles. The van der Waals surface area contributed by atoms with Crippen LogP contribution in [0.2, 0.25) is 0 Å². The van der Waals surface area contributed by atoms with Crippen LogP contribution in [0.3, 0.4) is 0 Å². The van der Waals surface area contributed by atoms with Gasteiger partial charge in [-0.05, 0) is 37.5 Å². The Bertz CT molecular complexity index is 811. The van der Waals surface area contributed by atoms with Gasteiger partial charge in [0.1, 0.15) is 0 Å². The molecule has 3 rings (SSSR count). The molecule has 8 nitrogen and oxygen atoms in total. The molecule has 0 radical (unpaired) electrons. The molecule has 1 aliphatic rings. The fourth-order valence-electron chi connectivity index (χ4n) is 3.42. The van der Waals surface area contributed by atoms with E-state index in [0.29, 0.717) is 41.5 Å². The topological polar surface area (TPSA) is 94.8 Å². The summed E-state index contributed by atoms with van der Waals surface area (Å²) in [6.07, 6.45) is 3.04. The standard InChI is InChI=1S/C19H23N3O5/c1-12(23)15-10-17(26-3)16(25-2)8-14(15)9-18(24)22-6-4-13(5-7-22)19-20-11-27-21-19/h8,10-11,13H,4-7,9H2,1-3H3. The predicted molar refractivity (Wildman–Crippen MR) is 96.1 cm³/mol. The highest BCUT2D eigenvalue weighted by Crippen LogP contribution is 2.32. The zero-order chi connectivity index (χ0) is 19.4. The number of methoxy groups -OCH3 is 2. The molecule has 0 spiro atoms. The molecule has 0 aliphatic carbocycles. The quantitative estimate of drug-likeness (QED) is 0.717. The average molecular weight is 373 g/mol. The molecule has 1 aromatic heterocycles. The van der Waals surface area contributed by atoms with Gasteiger partial charge in [0.15, 0.2) is 23.1 Å². The van der Waals surface area contributed by atoms with Crippen LogP contribution in [0.4, 0.5) is 0 Å². The number of likely N-dealkylation sites (tertiary alicyclic amines) is 1. The molecule has 0 atom stereocenters. The molecule has 0 bridgehead atoms. The smallest absolute Gasteiger partial charge is 0.227 e. The van der Waals surface area contributed by atoms with E-state index in [4.69, 9.17) is 14.0 Å². The zero-order valence-electron chi connectivity index (χ0n) is 15.7. The fraction of sp³-hybridized carbons (Fsp3) is 0.474. The molecule has 2 aromatic rings. The number of aromatic nitrogens is 2. The van der Waals surface area contributed by atoms with Gasteiger partial charge in [0, 0.05) is 24.6 Å². The number of rotatable bonds is 6. The van der Waals surface area contributed by atoms with Crippen LogP contribution in [0.5, 0.6) is 11.5 Å². The summed E-state index contributed by atoms with van der Waals surface area (Å²) in [5.74, 6) is 1.74. The number of Topliss-reactive ketones (excluding diaryl/α,β-unsaturated/α-hetero) is 1. The van der Waals surface area contributed by atoms with Gasteiger partial charge in [0.05, 0.1) is 20.6 Å². The Morgan fingerprint density at radius 3 is 2.41 bits per heavy atom. The van der Waals surface area contributed by atoms with Gasteiger partial charge in [-0.25, -0.2) is 0 Å². The third-order valence-corrected chi connectivity index (χ3v) is 4.92. The highest BCUT2D eigenvalue weighted by Gasteiger charge is 2.27. The van der Waals surface area contributed by atoms with E-state index in [1.165, 1.54) is 27.5 Å². The van der Waals surface area contributed by atoms with Gasteiger partial charge >= 0.3 is 0 Å². The molecule has 0 unspecified atom stereocenters. The van der Waals surface area contributed by atoms with Crippen molar-refractivity contribution < 1.29 is 23.6 Å². The summed E-state index contributed by atoms with van der Waals surface area (Å²) in [7, 11) is 3.04. The van der Waals surface area contributed by atoms with Gasteiger partial charge in [-0.15, -0.1) is 0 Å². The maximum atomic E-state index is 12.8. The van der Waals surface area contributed by atoms with E-state index in [1.54, 1.807) is 12.1 Å². The number of piperidine rings is 1. The van der Waals surface area contributed by atoms with Crippen molar-refractivity contribution in [1.29, 1.82) is 0 Å². The van der Waals surface area contributed by atoms with Gasteiger partial charge in [0.2, 0.25) is 12.3 Å². The summed E-state index contributed by atoms with van der Waals surface area (Å²) < 4.78 is 15.4. The van der Waals surface area contributed by atoms with Crippen LogP contribution in [0.15, 0.2) is 23.0 Å². The highest BCUT2D eigenvalue weighted by atomic mass is 16.5. The number of carbonyl (C=O) groups excluding carboxylic acids is 2. The number of ketones is 1. The van der Waals surface area contributed by atoms with Gasteiger partial charge in [-0.2, -0.15) is 4.98 Å². The second-order valence-electron chi connectivity index (χ2n) is 6.54. The molecule has 27 heavy (non-hydrogen) atoms. The Hall–Kier alpha value is -2.90. The number of ether oxygens (including phenoxy) is 2. The number of carbonyl (C=O) groups is 2. The first-order valence-electron chi connectivity index (χ1n) is 8.83. The van der Waals surface area contributed by atoms with Gasteiger partial charge in [-0.1, -0.05) is 5.16 Å². The summed E-state index contributed by atoms with van der Waals surface area (Å²) in [6, 6.07) is 3.34. The second kappa shape index (κ2) is 8.20. The minimum absolute atomic E-state index is 0.0173. The molecule has 0 saturated carbocycles. The lowest BCUT2D eigenvalue weighted by atomic mass is 9.95. The molecule has 0 N–H and O–H groups in total. The minimum Gasteiger partial charge on any atom is -0.493 e. The molecule has 8 heteroatoms. The van der Waals surface area contributed by atoms with E-state index in [2.05, 4.69) is 10.1 Å². The molecule has 2 heterocycles. The van der Waals surface area contributed by atoms with Crippen molar-refractivity contribution in [3.05, 3.63) is 35.5 Å². The van der Waals surface area contributed by atoms with Crippen molar-refractivity contribution in [3.63, 3.8) is 0 Å². The van der Waals surface area contributed by atoms with Crippen LogP contribution in [0.1, 0.15) is 47.4 Å². The van der Waals surface area contributed by atoms with Crippen molar-refractivity contribution in [3.8, 4) is 11.5 Å². The van der Waals surface area contributed by atoms with Crippen LogP contribution in [-0.2, 0) is 11.2 Å². The van der Waals surface area contributed by atoms with Crippen molar-refractivity contribution in [2.75, 3.05) is 27.3 Å². The van der Waals surface area contributed by atoms with E-state index in [9.17, 15) is 9.59 Å². The lowest BCUT2D eigenvalue weighted by Gasteiger charge is -2.31. The van der Waals surface area contributed by atoms with Gasteiger partial charge in [-0.3, -0.25) is 9.59 Å². The zero-order valence-corrected chi connectivity index (χ0v) is 15.7. The van der Waals surface area contributed by atoms with E-state index in [0.717, 1.165) is 12.8 Å². The molecular weight excluding hydrogens is 350 g/mol. The van der Waals surface area contributed by atoms with Crippen LogP contribution < -0.4 is 9.47 Å². The minimum atomic E-state index is -0.116. The monoisotopic (exact) mass is 373 g/mol. The van der Waals surface area contributed by atoms with Crippen LogP contribution in [0, 0.1) is 0 Å². The maximum absolute atomic E-state index is 12.8. The maximum Gasteiger partial charge on any atom is 0.227 e. The SMILES string of the molecule is COc1cc(CC(=O)N2CCC(c3ncon3)CC2)c(C(C)=O)cc1OC. The van der Waals surface area contributed by atoms with E-state index >= 15 is 0 Å². The first-order valence-corrected chi connectivity index (χ1v) is 8.83. The Morgan fingerprint density at radius 1 is 1.19 bits per heavy atom. The Labute approximate surface area is 157 Å². The van der Waals surface area contributed by atoms with Gasteiger partial charge in [0.25, 0.3) is 0 Å². The third-order valence-electron chi connectivity index (χ3n) is 4.92. The Balaban J connectivity index is 1.71. The number of benzene rings is 1. The van der Waals surface area contributed by atoms with Crippen LogP contribution in [0.25, 0.3) is 0 Å². The summed E-state index contributed by atoms with van der Waals surface area (Å²) in [4.78, 5) is 30.7. The van der Waals surface area contributed by atoms with Gasteiger partial charge < -0.3 is 18.9 Å². The molecular formula is C19H23N3O5. The number of nitrogens with zero attached hydrogens (tertiary/aromatic N) is 3. The van der Waals surface area contributed by atoms with Crippen molar-refractivity contribution >= 4 is 11.7 Å². The molecule has 1 aliphatic heterocycles. The summed E-state index contributed by atoms with van der Waals surface area (Å²) in [5.41, 5.74) is 1.12. The number of hydrogen-bond donors (Lipinski definition) is 0. The highest BCUT2D eigenvalue weighted by molar-refractivity contribution is 5.97. The fourth-order valence-corrected chi connectivity index (χ4v) is 3.42. The number of hydrogen-bond acceptors (Lipinski definition) is 7.